The van der Waals surface area contributed by atoms with Gasteiger partial charge in [0.15, 0.2) is 4.93 Å². The minimum absolute atomic E-state index is 0.119. The number of hydrogen-bond donors (Lipinski definition) is 1. The number of likely N-dealkylation sites (N-methyl/N-ethyl adjacent to an activating group) is 1. The lowest BCUT2D eigenvalue weighted by molar-refractivity contribution is -0.870. The first-order valence-electron chi connectivity index (χ1n) is 14.1. The first-order valence-corrected chi connectivity index (χ1v) is 16.6. The smallest absolute Gasteiger partial charge is 0.350 e. The number of methoxy groups -OCH3 is 2. The summed E-state index contributed by atoms with van der Waals surface area (Å²) >= 11 is 1.44. The van der Waals surface area contributed by atoms with Crippen LogP contribution in [0.25, 0.3) is 0 Å². The zero-order valence-corrected chi connectivity index (χ0v) is 26.5. The van der Waals surface area contributed by atoms with Crippen LogP contribution in [0.3, 0.4) is 0 Å². The number of hydrogen-bond acceptors (Lipinski definition) is 6. The number of quaternary nitrogens is 1. The molecule has 0 spiro atoms. The molecule has 36 heavy (non-hydrogen) atoms. The molecule has 0 heterocycles. The summed E-state index contributed by atoms with van der Waals surface area (Å²) in [4.78, 5) is 9.19. The van der Waals surface area contributed by atoms with Gasteiger partial charge in [-0.15, -0.1) is 11.8 Å². The number of ether oxygens (including phenoxy) is 2. The van der Waals surface area contributed by atoms with Crippen molar-refractivity contribution in [2.24, 2.45) is 0 Å². The molecule has 0 aliphatic heterocycles. The van der Waals surface area contributed by atoms with Gasteiger partial charge in [0.1, 0.15) is 13.2 Å². The van der Waals surface area contributed by atoms with Crippen LogP contribution in [0, 0.1) is 0 Å². The van der Waals surface area contributed by atoms with Crippen molar-refractivity contribution in [3.05, 3.63) is 0 Å². The van der Waals surface area contributed by atoms with E-state index in [1.54, 1.807) is 13.8 Å². The summed E-state index contributed by atoms with van der Waals surface area (Å²) < 4.78 is 35.5. The van der Waals surface area contributed by atoms with Crippen LogP contribution in [0.4, 0.5) is 0 Å². The predicted molar refractivity (Wildman–Crippen MR) is 153 cm³/mol. The second kappa shape index (κ2) is 19.4. The van der Waals surface area contributed by atoms with Crippen molar-refractivity contribution in [3.63, 3.8) is 0 Å². The molecule has 0 fully saturated rings. The molecule has 9 heteroatoms. The Hall–Kier alpha value is 0.340. The van der Waals surface area contributed by atoms with Crippen molar-refractivity contribution in [3.8, 4) is 0 Å². The van der Waals surface area contributed by atoms with Crippen LogP contribution < -0.4 is 0 Å². The highest BCUT2D eigenvalue weighted by Gasteiger charge is 2.52. The summed E-state index contributed by atoms with van der Waals surface area (Å²) in [7, 11) is 4.71. The Bertz CT molecular complexity index is 585. The van der Waals surface area contributed by atoms with Crippen LogP contribution >= 0.6 is 19.6 Å². The average Bonchev–Trinajstić information content (AvgIpc) is 2.79. The summed E-state index contributed by atoms with van der Waals surface area (Å²) in [5.41, 5.74) is 0. The Balaban J connectivity index is 4.32. The molecule has 0 aromatic carbocycles. The molecule has 7 nitrogen and oxygen atoms in total. The minimum atomic E-state index is -4.30. The Labute approximate surface area is 227 Å². The highest BCUT2D eigenvalue weighted by Crippen LogP contribution is 2.54. The van der Waals surface area contributed by atoms with E-state index in [4.69, 9.17) is 18.5 Å². The van der Waals surface area contributed by atoms with E-state index >= 15 is 0 Å². The highest BCUT2D eigenvalue weighted by atomic mass is 32.2. The van der Waals surface area contributed by atoms with Crippen LogP contribution in [0.2, 0.25) is 0 Å². The monoisotopic (exact) mass is 556 g/mol. The highest BCUT2D eigenvalue weighted by molar-refractivity contribution is 8.00. The molecule has 0 aliphatic rings. The minimum Gasteiger partial charge on any atom is -0.350 e. The first-order chi connectivity index (χ1) is 16.8. The molecule has 2 unspecified atom stereocenters. The lowest BCUT2D eigenvalue weighted by Crippen LogP contribution is -2.52. The molecule has 0 bridgehead atoms. The third-order valence-corrected chi connectivity index (χ3v) is 9.51. The van der Waals surface area contributed by atoms with E-state index < -0.39 is 18.5 Å². The van der Waals surface area contributed by atoms with Gasteiger partial charge < -0.3 is 18.9 Å². The van der Waals surface area contributed by atoms with Gasteiger partial charge in [-0.05, 0) is 26.0 Å². The van der Waals surface area contributed by atoms with Crippen molar-refractivity contribution >= 4 is 19.6 Å². The van der Waals surface area contributed by atoms with Crippen molar-refractivity contribution in [1.82, 2.24) is 0 Å². The van der Waals surface area contributed by atoms with E-state index in [1.165, 1.54) is 103 Å². The Morgan fingerprint density at radius 2 is 1.19 bits per heavy atom. The molecule has 0 aromatic rings. The van der Waals surface area contributed by atoms with Gasteiger partial charge in [-0.3, -0.25) is 9.05 Å². The van der Waals surface area contributed by atoms with Gasteiger partial charge in [-0.25, -0.2) is 4.57 Å². The number of nitrogens with zero attached hydrogens (tertiary/aromatic N) is 1. The van der Waals surface area contributed by atoms with E-state index in [0.29, 0.717) is 11.0 Å². The Kier molecular flexibility index (Phi) is 19.6. The molecular weight excluding hydrogens is 497 g/mol. The predicted octanol–water partition coefficient (Wildman–Crippen LogP) is 7.77. The van der Waals surface area contributed by atoms with Crippen LogP contribution in [0.15, 0.2) is 0 Å². The summed E-state index contributed by atoms with van der Waals surface area (Å²) in [5, 5.41) is 0. The SMILES string of the molecule is CCCCCCCCCCCCCCCCSC(C)(OP(=O)(O)OCC[N+](C)(C)C)C(C)(OC)OC. The summed E-state index contributed by atoms with van der Waals surface area (Å²) in [6.07, 6.45) is 18.3. The summed E-state index contributed by atoms with van der Waals surface area (Å²) in [5.74, 6) is -0.439. The van der Waals surface area contributed by atoms with Crippen molar-refractivity contribution in [2.45, 2.75) is 121 Å². The van der Waals surface area contributed by atoms with Crippen LogP contribution in [-0.2, 0) is 23.1 Å². The van der Waals surface area contributed by atoms with Gasteiger partial charge in [0.2, 0.25) is 5.79 Å². The largest absolute Gasteiger partial charge is 0.473 e. The molecular formula is C27H59NO6PS+. The fourth-order valence-corrected chi connectivity index (χ4v) is 6.57. The van der Waals surface area contributed by atoms with Crippen LogP contribution in [0.1, 0.15) is 111 Å². The number of phosphoric ester groups is 1. The van der Waals surface area contributed by atoms with Crippen molar-refractivity contribution in [2.75, 3.05) is 54.3 Å². The molecule has 2 atom stereocenters. The van der Waals surface area contributed by atoms with Gasteiger partial charge in [0.25, 0.3) is 0 Å². The van der Waals surface area contributed by atoms with Crippen LogP contribution in [0.5, 0.6) is 0 Å². The fourth-order valence-electron chi connectivity index (χ4n) is 3.93. The van der Waals surface area contributed by atoms with E-state index in [1.807, 2.05) is 21.1 Å². The van der Waals surface area contributed by atoms with Gasteiger partial charge in [0, 0.05) is 14.2 Å². The third kappa shape index (κ3) is 17.0. The lowest BCUT2D eigenvalue weighted by atomic mass is 10.0. The fraction of sp³-hybridized carbons (Fsp3) is 1.00. The maximum Gasteiger partial charge on any atom is 0.473 e. The molecule has 0 aliphatic carbocycles. The summed E-state index contributed by atoms with van der Waals surface area (Å²) in [6.45, 7) is 6.43. The van der Waals surface area contributed by atoms with Gasteiger partial charge >= 0.3 is 7.82 Å². The normalized spacial score (nSPS) is 16.1. The second-order valence-electron chi connectivity index (χ2n) is 11.2. The topological polar surface area (TPSA) is 74.2 Å². The number of unbranched alkanes of at least 4 members (excludes halogenated alkanes) is 13. The zero-order chi connectivity index (χ0) is 27.6. The van der Waals surface area contributed by atoms with E-state index in [0.717, 1.165) is 18.6 Å². The van der Waals surface area contributed by atoms with Gasteiger partial charge in [-0.1, -0.05) is 90.4 Å². The number of phosphoric acid groups is 1. The quantitative estimate of drug-likeness (QED) is 0.0533. The van der Waals surface area contributed by atoms with E-state index in [2.05, 4.69) is 6.92 Å². The molecule has 0 amide bonds. The molecule has 0 aromatic heterocycles. The number of rotatable bonds is 25. The first kappa shape index (κ1) is 36.3. The van der Waals surface area contributed by atoms with Gasteiger partial charge in [-0.2, -0.15) is 0 Å². The lowest BCUT2D eigenvalue weighted by Gasteiger charge is -2.43. The van der Waals surface area contributed by atoms with Gasteiger partial charge in [0.05, 0.1) is 21.1 Å². The molecule has 0 radical (unpaired) electrons. The van der Waals surface area contributed by atoms with E-state index in [9.17, 15) is 9.46 Å². The average molecular weight is 557 g/mol. The second-order valence-corrected chi connectivity index (χ2v) is 14.0. The molecule has 0 rings (SSSR count). The molecule has 0 saturated heterocycles. The Morgan fingerprint density at radius 1 is 0.778 bits per heavy atom. The summed E-state index contributed by atoms with van der Waals surface area (Å²) in [6, 6.07) is 0. The molecule has 0 saturated carbocycles. The zero-order valence-electron chi connectivity index (χ0n) is 24.8. The Morgan fingerprint density at radius 3 is 1.58 bits per heavy atom. The van der Waals surface area contributed by atoms with Crippen molar-refractivity contribution < 1.29 is 32.5 Å². The molecule has 1 N–H and O–H groups in total. The maximum atomic E-state index is 12.7. The number of thioether (sulfide) groups is 1. The third-order valence-electron chi connectivity index (χ3n) is 6.79. The molecule has 218 valence electrons. The van der Waals surface area contributed by atoms with E-state index in [-0.39, 0.29) is 6.61 Å². The standard InChI is InChI=1S/C27H58NO6PS/c1-9-10-11-12-13-14-15-16-17-18-19-20-21-22-25-36-27(3,26(2,31-7)32-8)34-35(29,30)33-24-23-28(4,5)6/h9-25H2,1-8H3/p+1. The van der Waals surface area contributed by atoms with Crippen molar-refractivity contribution in [1.29, 1.82) is 0 Å². The van der Waals surface area contributed by atoms with Crippen LogP contribution in [-0.4, -0.2) is 74.4 Å². The maximum absolute atomic E-state index is 12.7.